The molecule has 0 fully saturated rings. The molecule has 4 nitrogen and oxygen atoms in total. The molecule has 0 aromatic carbocycles. The molecule has 0 bridgehead atoms. The molecule has 0 saturated heterocycles. The molecule has 0 aliphatic carbocycles. The molecule has 0 radical (unpaired) electrons. The van der Waals surface area contributed by atoms with Crippen molar-refractivity contribution < 1.29 is 0 Å². The molecular weight excluding hydrogens is 152 g/mol. The van der Waals surface area contributed by atoms with Crippen LogP contribution < -0.4 is 17.2 Å². The minimum Gasteiger partial charge on any atom is -0.344 e. The Balaban J connectivity index is 0. The molecule has 0 atom stereocenters. The smallest absolute Gasteiger partial charge is 0.0104 e. The van der Waals surface area contributed by atoms with Gasteiger partial charge < -0.3 is 22.1 Å². The van der Waals surface area contributed by atoms with E-state index in [4.69, 9.17) is 5.73 Å². The average Bonchev–Trinajstić information content (AvgIpc) is 1.87. The SMILES string of the molecule is CC(C)NCCN(C)CCN.N. The van der Waals surface area contributed by atoms with E-state index < -0.39 is 0 Å². The summed E-state index contributed by atoms with van der Waals surface area (Å²) < 4.78 is 0. The molecule has 0 spiro atoms. The lowest BCUT2D eigenvalue weighted by Gasteiger charge is -2.16. The molecule has 0 unspecified atom stereocenters. The van der Waals surface area contributed by atoms with E-state index in [0.29, 0.717) is 6.04 Å². The summed E-state index contributed by atoms with van der Waals surface area (Å²) in [7, 11) is 2.09. The maximum absolute atomic E-state index is 5.40. The summed E-state index contributed by atoms with van der Waals surface area (Å²) in [6, 6.07) is 0.585. The van der Waals surface area contributed by atoms with Gasteiger partial charge in [-0.1, -0.05) is 13.8 Å². The largest absolute Gasteiger partial charge is 0.344 e. The van der Waals surface area contributed by atoms with Gasteiger partial charge in [0.15, 0.2) is 0 Å². The van der Waals surface area contributed by atoms with Crippen LogP contribution in [0.25, 0.3) is 0 Å². The van der Waals surface area contributed by atoms with Crippen molar-refractivity contribution in [1.82, 2.24) is 16.4 Å². The summed E-state index contributed by atoms with van der Waals surface area (Å²) in [6.45, 7) is 8.17. The van der Waals surface area contributed by atoms with Crippen molar-refractivity contribution >= 4 is 0 Å². The van der Waals surface area contributed by atoms with Gasteiger partial charge in [0, 0.05) is 32.2 Å². The first-order chi connectivity index (χ1) is 5.16. The van der Waals surface area contributed by atoms with E-state index in [1.165, 1.54) is 0 Å². The van der Waals surface area contributed by atoms with E-state index in [1.807, 2.05) is 0 Å². The second kappa shape index (κ2) is 8.93. The zero-order valence-corrected chi connectivity index (χ0v) is 8.64. The van der Waals surface area contributed by atoms with Gasteiger partial charge in [-0.05, 0) is 7.05 Å². The highest BCUT2D eigenvalue weighted by Gasteiger charge is 1.96. The number of nitrogens with two attached hydrogens (primary N) is 1. The average molecular weight is 176 g/mol. The molecule has 0 aromatic heterocycles. The number of hydrogen-bond acceptors (Lipinski definition) is 4. The van der Waals surface area contributed by atoms with Gasteiger partial charge in [-0.2, -0.15) is 0 Å². The maximum atomic E-state index is 5.40. The molecule has 4 heteroatoms. The van der Waals surface area contributed by atoms with Gasteiger partial charge in [0.05, 0.1) is 0 Å². The summed E-state index contributed by atoms with van der Waals surface area (Å²) in [5.41, 5.74) is 5.40. The fraction of sp³-hybridized carbons (Fsp3) is 1.00. The van der Waals surface area contributed by atoms with Crippen molar-refractivity contribution in [3.05, 3.63) is 0 Å². The Labute approximate surface area is 76.1 Å². The monoisotopic (exact) mass is 176 g/mol. The van der Waals surface area contributed by atoms with Crippen molar-refractivity contribution in [2.24, 2.45) is 5.73 Å². The van der Waals surface area contributed by atoms with E-state index in [-0.39, 0.29) is 6.15 Å². The highest BCUT2D eigenvalue weighted by atomic mass is 15.1. The summed E-state index contributed by atoms with van der Waals surface area (Å²) in [4.78, 5) is 2.23. The minimum atomic E-state index is 0. The Bertz CT molecular complexity index is 85.1. The molecular formula is C8H24N4. The number of likely N-dealkylation sites (N-methyl/N-ethyl adjacent to an activating group) is 1. The van der Waals surface area contributed by atoms with Crippen LogP contribution in [0.4, 0.5) is 0 Å². The fourth-order valence-electron chi connectivity index (χ4n) is 0.876. The number of hydrogen-bond donors (Lipinski definition) is 3. The molecule has 0 rings (SSSR count). The van der Waals surface area contributed by atoms with Crippen molar-refractivity contribution in [3.63, 3.8) is 0 Å². The lowest BCUT2D eigenvalue weighted by Crippen LogP contribution is -2.35. The van der Waals surface area contributed by atoms with Crippen LogP contribution in [0.15, 0.2) is 0 Å². The molecule has 6 N–H and O–H groups in total. The zero-order chi connectivity index (χ0) is 8.69. The lowest BCUT2D eigenvalue weighted by atomic mass is 10.4. The Hall–Kier alpha value is -0.160. The normalized spacial score (nSPS) is 10.5. The fourth-order valence-corrected chi connectivity index (χ4v) is 0.876. The third-order valence-electron chi connectivity index (χ3n) is 1.56. The second-order valence-electron chi connectivity index (χ2n) is 3.20. The first-order valence-electron chi connectivity index (χ1n) is 4.28. The Morgan fingerprint density at radius 1 is 1.33 bits per heavy atom. The van der Waals surface area contributed by atoms with Gasteiger partial charge in [-0.3, -0.25) is 0 Å². The third kappa shape index (κ3) is 9.84. The Kier molecular flexibility index (Phi) is 10.7. The molecule has 0 amide bonds. The number of nitrogens with one attached hydrogen (secondary N) is 1. The summed E-state index contributed by atoms with van der Waals surface area (Å²) >= 11 is 0. The predicted octanol–water partition coefficient (Wildman–Crippen LogP) is 0.0369. The summed E-state index contributed by atoms with van der Waals surface area (Å²) in [6.07, 6.45) is 0. The van der Waals surface area contributed by atoms with Gasteiger partial charge in [0.1, 0.15) is 0 Å². The Morgan fingerprint density at radius 3 is 2.33 bits per heavy atom. The van der Waals surface area contributed by atoms with Crippen LogP contribution in [0, 0.1) is 0 Å². The van der Waals surface area contributed by atoms with Crippen LogP contribution >= 0.6 is 0 Å². The molecule has 0 saturated carbocycles. The predicted molar refractivity (Wildman–Crippen MR) is 54.7 cm³/mol. The van der Waals surface area contributed by atoms with Gasteiger partial charge in [0.2, 0.25) is 0 Å². The van der Waals surface area contributed by atoms with E-state index in [0.717, 1.165) is 26.2 Å². The molecule has 0 aromatic rings. The maximum Gasteiger partial charge on any atom is 0.0104 e. The molecule has 0 aliphatic heterocycles. The van der Waals surface area contributed by atoms with Crippen molar-refractivity contribution in [1.29, 1.82) is 0 Å². The van der Waals surface area contributed by atoms with E-state index >= 15 is 0 Å². The van der Waals surface area contributed by atoms with Crippen molar-refractivity contribution in [2.45, 2.75) is 19.9 Å². The van der Waals surface area contributed by atoms with Crippen LogP contribution in [-0.4, -0.2) is 44.2 Å². The van der Waals surface area contributed by atoms with Crippen molar-refractivity contribution in [3.8, 4) is 0 Å². The van der Waals surface area contributed by atoms with E-state index in [1.54, 1.807) is 0 Å². The third-order valence-corrected chi connectivity index (χ3v) is 1.56. The Morgan fingerprint density at radius 2 is 1.92 bits per heavy atom. The standard InChI is InChI=1S/C8H21N3.H3N/c1-8(2)10-5-7-11(3)6-4-9;/h8,10H,4-7,9H2,1-3H3;1H3. The van der Waals surface area contributed by atoms with E-state index in [2.05, 4.69) is 31.1 Å². The van der Waals surface area contributed by atoms with Crippen LogP contribution in [0.5, 0.6) is 0 Å². The first-order valence-corrected chi connectivity index (χ1v) is 4.28. The highest BCUT2D eigenvalue weighted by Crippen LogP contribution is 1.80. The summed E-state index contributed by atoms with van der Waals surface area (Å²) in [5.74, 6) is 0. The first kappa shape index (κ1) is 14.4. The second-order valence-corrected chi connectivity index (χ2v) is 3.20. The van der Waals surface area contributed by atoms with Crippen LogP contribution in [-0.2, 0) is 0 Å². The van der Waals surface area contributed by atoms with Crippen LogP contribution in [0.2, 0.25) is 0 Å². The van der Waals surface area contributed by atoms with Crippen LogP contribution in [0.3, 0.4) is 0 Å². The molecule has 76 valence electrons. The molecule has 0 aliphatic rings. The van der Waals surface area contributed by atoms with Gasteiger partial charge >= 0.3 is 0 Å². The number of rotatable bonds is 6. The lowest BCUT2D eigenvalue weighted by molar-refractivity contribution is 0.335. The minimum absolute atomic E-state index is 0. The topological polar surface area (TPSA) is 76.3 Å². The van der Waals surface area contributed by atoms with Crippen LogP contribution in [0.1, 0.15) is 13.8 Å². The van der Waals surface area contributed by atoms with Gasteiger partial charge in [-0.25, -0.2) is 0 Å². The van der Waals surface area contributed by atoms with Gasteiger partial charge in [0.25, 0.3) is 0 Å². The van der Waals surface area contributed by atoms with E-state index in [9.17, 15) is 0 Å². The molecule has 0 heterocycles. The molecule has 12 heavy (non-hydrogen) atoms. The number of nitrogens with zero attached hydrogens (tertiary/aromatic N) is 1. The summed E-state index contributed by atoms with van der Waals surface area (Å²) in [5, 5.41) is 3.35. The van der Waals surface area contributed by atoms with Gasteiger partial charge in [-0.15, -0.1) is 0 Å². The zero-order valence-electron chi connectivity index (χ0n) is 8.64. The van der Waals surface area contributed by atoms with Crippen molar-refractivity contribution in [2.75, 3.05) is 33.2 Å². The highest BCUT2D eigenvalue weighted by molar-refractivity contribution is 4.57. The quantitative estimate of drug-likeness (QED) is 0.534.